The van der Waals surface area contributed by atoms with E-state index in [1.165, 1.54) is 24.1 Å². The number of hydrogen-bond acceptors (Lipinski definition) is 2. The van der Waals surface area contributed by atoms with Crippen molar-refractivity contribution < 1.29 is 0 Å². The summed E-state index contributed by atoms with van der Waals surface area (Å²) in [5.41, 5.74) is 2.74. The first kappa shape index (κ1) is 24.2. The average molecular weight is 460 g/mol. The molecule has 0 bridgehead atoms. The van der Waals surface area contributed by atoms with Crippen molar-refractivity contribution in [3.63, 3.8) is 0 Å². The van der Waals surface area contributed by atoms with Gasteiger partial charge in [-0.15, -0.1) is 24.0 Å². The summed E-state index contributed by atoms with van der Waals surface area (Å²) in [5, 5.41) is 6.95. The van der Waals surface area contributed by atoms with Crippen molar-refractivity contribution in [1.82, 2.24) is 15.5 Å². The number of halogens is 1. The minimum absolute atomic E-state index is 0. The van der Waals surface area contributed by atoms with E-state index in [-0.39, 0.29) is 24.0 Å². The fourth-order valence-electron chi connectivity index (χ4n) is 2.91. The molecule has 0 aromatic heterocycles. The molecule has 0 aliphatic rings. The van der Waals surface area contributed by atoms with E-state index in [9.17, 15) is 0 Å². The number of aryl methyl sites for hydroxylation is 1. The van der Waals surface area contributed by atoms with E-state index in [1.54, 1.807) is 0 Å². The van der Waals surface area contributed by atoms with Gasteiger partial charge in [-0.05, 0) is 56.9 Å². The van der Waals surface area contributed by atoms with E-state index in [0.29, 0.717) is 6.04 Å². The van der Waals surface area contributed by atoms with Gasteiger partial charge in [0, 0.05) is 19.6 Å². The molecule has 0 aliphatic heterocycles. The molecule has 144 valence electrons. The quantitative estimate of drug-likeness (QED) is 0.315. The summed E-state index contributed by atoms with van der Waals surface area (Å²) in [6.07, 6.45) is 3.43. The lowest BCUT2D eigenvalue weighted by Gasteiger charge is -2.21. The number of nitrogens with zero attached hydrogens (tertiary/aromatic N) is 2. The molecule has 0 fully saturated rings. The smallest absolute Gasteiger partial charge is 0.191 e. The highest BCUT2D eigenvalue weighted by molar-refractivity contribution is 14.0. The second-order valence-electron chi connectivity index (χ2n) is 6.26. The molecule has 5 heteroatoms. The number of nitrogens with one attached hydrogen (secondary N) is 2. The summed E-state index contributed by atoms with van der Waals surface area (Å²) < 4.78 is 0. The minimum Gasteiger partial charge on any atom is -0.354 e. The number of rotatable bonds is 10. The van der Waals surface area contributed by atoms with Gasteiger partial charge in [0.1, 0.15) is 0 Å². The Bertz CT molecular complexity index is 486. The van der Waals surface area contributed by atoms with Crippen molar-refractivity contribution in [3.8, 4) is 0 Å². The van der Waals surface area contributed by atoms with E-state index < -0.39 is 0 Å². The van der Waals surface area contributed by atoms with Gasteiger partial charge in [0.25, 0.3) is 0 Å². The zero-order chi connectivity index (χ0) is 17.8. The van der Waals surface area contributed by atoms with Crippen molar-refractivity contribution in [2.45, 2.75) is 59.5 Å². The van der Waals surface area contributed by atoms with Crippen LogP contribution in [0.3, 0.4) is 0 Å². The third kappa shape index (κ3) is 9.45. The summed E-state index contributed by atoms with van der Waals surface area (Å²) in [4.78, 5) is 6.83. The van der Waals surface area contributed by atoms with Crippen LogP contribution in [0.25, 0.3) is 0 Å². The Morgan fingerprint density at radius 1 is 1.12 bits per heavy atom. The molecule has 2 N–H and O–H groups in total. The minimum atomic E-state index is 0. The van der Waals surface area contributed by atoms with Crippen molar-refractivity contribution >= 4 is 29.9 Å². The molecular formula is C20H37IN4. The van der Waals surface area contributed by atoms with Crippen molar-refractivity contribution in [3.05, 3.63) is 35.4 Å². The maximum Gasteiger partial charge on any atom is 0.191 e. The van der Waals surface area contributed by atoms with Gasteiger partial charge < -0.3 is 15.5 Å². The summed E-state index contributed by atoms with van der Waals surface area (Å²) in [6.45, 7) is 13.1. The molecule has 0 aliphatic carbocycles. The van der Waals surface area contributed by atoms with Crippen LogP contribution < -0.4 is 10.6 Å². The molecule has 0 saturated heterocycles. The van der Waals surface area contributed by atoms with Gasteiger partial charge in [-0.2, -0.15) is 0 Å². The molecule has 0 radical (unpaired) electrons. The SMILES string of the molecule is CCc1ccccc1CNC(=NC)NC(C)CCCN(CC)CC.I. The zero-order valence-corrected chi connectivity index (χ0v) is 19.0. The Morgan fingerprint density at radius 3 is 2.32 bits per heavy atom. The van der Waals surface area contributed by atoms with Crippen LogP contribution in [0.1, 0.15) is 51.7 Å². The van der Waals surface area contributed by atoms with E-state index in [4.69, 9.17) is 0 Å². The summed E-state index contributed by atoms with van der Waals surface area (Å²) in [5.74, 6) is 0.885. The molecule has 1 rings (SSSR count). The molecule has 4 nitrogen and oxygen atoms in total. The maximum atomic E-state index is 4.36. The highest BCUT2D eigenvalue weighted by Crippen LogP contribution is 2.09. The average Bonchev–Trinajstić information content (AvgIpc) is 2.62. The Kier molecular flexibility index (Phi) is 13.9. The van der Waals surface area contributed by atoms with E-state index in [1.807, 2.05) is 7.05 Å². The molecule has 0 amide bonds. The summed E-state index contributed by atoms with van der Waals surface area (Å²) in [7, 11) is 1.84. The normalized spacial score (nSPS) is 12.6. The second kappa shape index (κ2) is 14.4. The van der Waals surface area contributed by atoms with Crippen LogP contribution in [0.2, 0.25) is 0 Å². The van der Waals surface area contributed by atoms with Crippen molar-refractivity contribution in [2.75, 3.05) is 26.7 Å². The molecule has 0 spiro atoms. The Hall–Kier alpha value is -0.820. The van der Waals surface area contributed by atoms with Crippen LogP contribution in [0.5, 0.6) is 0 Å². The van der Waals surface area contributed by atoms with Gasteiger partial charge >= 0.3 is 0 Å². The van der Waals surface area contributed by atoms with Crippen molar-refractivity contribution in [1.29, 1.82) is 0 Å². The number of guanidine groups is 1. The molecular weight excluding hydrogens is 423 g/mol. The molecule has 1 atom stereocenters. The largest absolute Gasteiger partial charge is 0.354 e. The van der Waals surface area contributed by atoms with E-state index in [0.717, 1.165) is 38.4 Å². The molecule has 1 aromatic carbocycles. The maximum absolute atomic E-state index is 4.36. The van der Waals surface area contributed by atoms with Crippen LogP contribution in [-0.2, 0) is 13.0 Å². The molecule has 1 unspecified atom stereocenters. The van der Waals surface area contributed by atoms with Crippen LogP contribution in [-0.4, -0.2) is 43.6 Å². The van der Waals surface area contributed by atoms with Gasteiger partial charge in [0.15, 0.2) is 5.96 Å². The van der Waals surface area contributed by atoms with Gasteiger partial charge in [-0.25, -0.2) is 0 Å². The number of hydrogen-bond donors (Lipinski definition) is 2. The van der Waals surface area contributed by atoms with Crippen LogP contribution in [0, 0.1) is 0 Å². The zero-order valence-electron chi connectivity index (χ0n) is 16.6. The fraction of sp³-hybridized carbons (Fsp3) is 0.650. The predicted octanol–water partition coefficient (Wildman–Crippen LogP) is 4.04. The van der Waals surface area contributed by atoms with E-state index in [2.05, 4.69) is 72.5 Å². The lowest BCUT2D eigenvalue weighted by atomic mass is 10.1. The molecule has 1 aromatic rings. The van der Waals surface area contributed by atoms with E-state index >= 15 is 0 Å². The third-order valence-corrected chi connectivity index (χ3v) is 4.56. The number of benzene rings is 1. The Labute approximate surface area is 171 Å². The lowest BCUT2D eigenvalue weighted by molar-refractivity contribution is 0.292. The Morgan fingerprint density at radius 2 is 1.76 bits per heavy atom. The first-order valence-electron chi connectivity index (χ1n) is 9.40. The number of aliphatic imine (C=N–C) groups is 1. The van der Waals surface area contributed by atoms with Crippen LogP contribution in [0.4, 0.5) is 0 Å². The molecule has 0 heterocycles. The fourth-order valence-corrected chi connectivity index (χ4v) is 2.91. The van der Waals surface area contributed by atoms with Gasteiger partial charge in [0.2, 0.25) is 0 Å². The predicted molar refractivity (Wildman–Crippen MR) is 121 cm³/mol. The first-order chi connectivity index (χ1) is 11.6. The second-order valence-corrected chi connectivity index (χ2v) is 6.26. The van der Waals surface area contributed by atoms with Crippen LogP contribution in [0.15, 0.2) is 29.3 Å². The molecule has 25 heavy (non-hydrogen) atoms. The Balaban J connectivity index is 0.00000576. The van der Waals surface area contributed by atoms with Crippen LogP contribution >= 0.6 is 24.0 Å². The lowest BCUT2D eigenvalue weighted by Crippen LogP contribution is -2.42. The topological polar surface area (TPSA) is 39.7 Å². The van der Waals surface area contributed by atoms with Gasteiger partial charge in [-0.3, -0.25) is 4.99 Å². The van der Waals surface area contributed by atoms with Gasteiger partial charge in [0.05, 0.1) is 0 Å². The van der Waals surface area contributed by atoms with Crippen molar-refractivity contribution in [2.24, 2.45) is 4.99 Å². The molecule has 0 saturated carbocycles. The highest BCUT2D eigenvalue weighted by atomic mass is 127. The monoisotopic (exact) mass is 460 g/mol. The first-order valence-corrected chi connectivity index (χ1v) is 9.40. The summed E-state index contributed by atoms with van der Waals surface area (Å²) >= 11 is 0. The highest BCUT2D eigenvalue weighted by Gasteiger charge is 2.07. The third-order valence-electron chi connectivity index (χ3n) is 4.56. The standard InChI is InChI=1S/C20H36N4.HI/c1-6-18-13-9-10-14-19(18)16-22-20(21-5)23-17(4)12-11-15-24(7-2)8-3;/h9-10,13-14,17H,6-8,11-12,15-16H2,1-5H3,(H2,21,22,23);1H. The van der Waals surface area contributed by atoms with Gasteiger partial charge in [-0.1, -0.05) is 45.0 Å². The summed E-state index contributed by atoms with van der Waals surface area (Å²) in [6, 6.07) is 9.01.